The summed E-state index contributed by atoms with van der Waals surface area (Å²) in [4.78, 5) is 56.1. The molecule has 1 aliphatic carbocycles. The molecule has 7 nitrogen and oxygen atoms in total. The van der Waals surface area contributed by atoms with Gasteiger partial charge in [0.25, 0.3) is 0 Å². The van der Waals surface area contributed by atoms with Gasteiger partial charge in [-0.2, -0.15) is 0 Å². The maximum Gasteiger partial charge on any atom is 0.243 e. The molecule has 4 rings (SSSR count). The van der Waals surface area contributed by atoms with Crippen molar-refractivity contribution in [3.8, 4) is 0 Å². The summed E-state index contributed by atoms with van der Waals surface area (Å²) in [5, 5.41) is 3.58. The van der Waals surface area contributed by atoms with Crippen molar-refractivity contribution < 1.29 is 19.2 Å². The van der Waals surface area contributed by atoms with Crippen LogP contribution in [0.3, 0.4) is 0 Å². The molecule has 4 amide bonds. The van der Waals surface area contributed by atoms with E-state index >= 15 is 0 Å². The van der Waals surface area contributed by atoms with Crippen LogP contribution in [0.15, 0.2) is 66.7 Å². The van der Waals surface area contributed by atoms with E-state index in [1.807, 2.05) is 54.6 Å². The largest absolute Gasteiger partial charge is 0.354 e. The lowest BCUT2D eigenvalue weighted by atomic mass is 9.85. The number of hydrogen-bond acceptors (Lipinski definition) is 4. The monoisotopic (exact) mass is 549 g/mol. The van der Waals surface area contributed by atoms with Crippen LogP contribution >= 0.6 is 11.6 Å². The van der Waals surface area contributed by atoms with Gasteiger partial charge in [0.05, 0.1) is 11.8 Å². The van der Waals surface area contributed by atoms with Crippen LogP contribution in [0.2, 0.25) is 5.02 Å². The fourth-order valence-corrected chi connectivity index (χ4v) is 5.41. The van der Waals surface area contributed by atoms with Crippen molar-refractivity contribution in [1.82, 2.24) is 15.1 Å². The molecule has 0 aromatic heterocycles. The van der Waals surface area contributed by atoms with Crippen molar-refractivity contribution in [2.45, 2.75) is 58.0 Å². The molecule has 0 bridgehead atoms. The molecule has 2 aromatic carbocycles. The summed E-state index contributed by atoms with van der Waals surface area (Å²) in [6.07, 6.45) is 7.07. The van der Waals surface area contributed by atoms with Crippen LogP contribution in [0.5, 0.6) is 0 Å². The molecular formula is C31H36ClN3O4. The number of amides is 4. The fourth-order valence-electron chi connectivity index (χ4n) is 5.29. The fraction of sp³-hybridized carbons (Fsp3) is 0.419. The van der Waals surface area contributed by atoms with Gasteiger partial charge in [-0.15, -0.1) is 0 Å². The van der Waals surface area contributed by atoms with Gasteiger partial charge in [-0.05, 0) is 42.5 Å². The van der Waals surface area contributed by atoms with Gasteiger partial charge in [-0.25, -0.2) is 0 Å². The number of carbonyl (C=O) groups is 4. The van der Waals surface area contributed by atoms with E-state index < -0.39 is 6.04 Å². The lowest BCUT2D eigenvalue weighted by Gasteiger charge is -2.32. The van der Waals surface area contributed by atoms with Crippen LogP contribution in [0.4, 0.5) is 0 Å². The Balaban J connectivity index is 1.56. The summed E-state index contributed by atoms with van der Waals surface area (Å²) in [5.74, 6) is -1.59. The minimum atomic E-state index is -0.760. The smallest absolute Gasteiger partial charge is 0.243 e. The highest BCUT2D eigenvalue weighted by atomic mass is 35.5. The van der Waals surface area contributed by atoms with Crippen LogP contribution in [0.25, 0.3) is 0 Å². The molecule has 2 aromatic rings. The predicted octanol–water partition coefficient (Wildman–Crippen LogP) is 4.54. The van der Waals surface area contributed by atoms with Crippen molar-refractivity contribution in [3.05, 3.63) is 82.9 Å². The van der Waals surface area contributed by atoms with Crippen molar-refractivity contribution in [2.75, 3.05) is 13.1 Å². The van der Waals surface area contributed by atoms with E-state index in [-0.39, 0.29) is 55.0 Å². The molecule has 2 aliphatic rings. The van der Waals surface area contributed by atoms with Gasteiger partial charge >= 0.3 is 0 Å². The molecular weight excluding hydrogens is 514 g/mol. The second kappa shape index (κ2) is 13.6. The predicted molar refractivity (Wildman–Crippen MR) is 151 cm³/mol. The Morgan fingerprint density at radius 3 is 2.23 bits per heavy atom. The second-order valence-electron chi connectivity index (χ2n) is 10.2. The van der Waals surface area contributed by atoms with Crippen LogP contribution in [-0.4, -0.2) is 52.6 Å². The van der Waals surface area contributed by atoms with E-state index in [0.717, 1.165) is 24.0 Å². The minimum Gasteiger partial charge on any atom is -0.354 e. The number of allylic oxidation sites excluding steroid dienone is 2. The van der Waals surface area contributed by atoms with Gasteiger partial charge < -0.3 is 10.2 Å². The minimum absolute atomic E-state index is 0.0100. The van der Waals surface area contributed by atoms with Gasteiger partial charge in [-0.3, -0.25) is 24.1 Å². The Bertz CT molecular complexity index is 1170. The molecule has 1 heterocycles. The summed E-state index contributed by atoms with van der Waals surface area (Å²) in [6.45, 7) is 2.79. The highest BCUT2D eigenvalue weighted by molar-refractivity contribution is 6.30. The zero-order valence-corrected chi connectivity index (χ0v) is 23.1. The van der Waals surface area contributed by atoms with Gasteiger partial charge in [0.2, 0.25) is 23.6 Å². The quantitative estimate of drug-likeness (QED) is 0.239. The molecule has 8 heteroatoms. The van der Waals surface area contributed by atoms with Crippen LogP contribution in [-0.2, 0) is 32.1 Å². The lowest BCUT2D eigenvalue weighted by molar-refractivity contribution is -0.144. The Morgan fingerprint density at radius 1 is 0.974 bits per heavy atom. The lowest BCUT2D eigenvalue weighted by Crippen LogP contribution is -2.51. The number of imide groups is 1. The first-order chi connectivity index (χ1) is 18.9. The summed E-state index contributed by atoms with van der Waals surface area (Å²) in [7, 11) is 0. The highest BCUT2D eigenvalue weighted by Crippen LogP contribution is 2.35. The summed E-state index contributed by atoms with van der Waals surface area (Å²) in [6, 6.07) is 16.0. The molecule has 0 spiro atoms. The molecule has 1 unspecified atom stereocenters. The van der Waals surface area contributed by atoms with E-state index in [9.17, 15) is 19.2 Å². The first-order valence-corrected chi connectivity index (χ1v) is 14.1. The van der Waals surface area contributed by atoms with Gasteiger partial charge in [0.15, 0.2) is 0 Å². The first-order valence-electron chi connectivity index (χ1n) is 13.7. The summed E-state index contributed by atoms with van der Waals surface area (Å²) in [5.41, 5.74) is 1.76. The molecule has 1 fully saturated rings. The molecule has 0 radical (unpaired) electrons. The number of halogens is 1. The van der Waals surface area contributed by atoms with E-state index in [0.29, 0.717) is 30.8 Å². The SMILES string of the molecule is CCCCNC(=O)C(Cc1ccccc1)N(Cc1ccc(Cl)cc1)C(=O)CCN1C(=O)[C@H]2CC=CC[C@H]2C1=O. The van der Waals surface area contributed by atoms with Crippen molar-refractivity contribution in [3.63, 3.8) is 0 Å². The van der Waals surface area contributed by atoms with Crippen molar-refractivity contribution in [1.29, 1.82) is 0 Å². The number of unbranched alkanes of at least 4 members (excludes halogenated alkanes) is 1. The van der Waals surface area contributed by atoms with Crippen LogP contribution in [0.1, 0.15) is 50.2 Å². The molecule has 39 heavy (non-hydrogen) atoms. The third-order valence-corrected chi connectivity index (χ3v) is 7.77. The number of benzene rings is 2. The number of rotatable bonds is 12. The number of carbonyl (C=O) groups excluding carboxylic acids is 4. The number of likely N-dealkylation sites (tertiary alicyclic amines) is 1. The Hall–Kier alpha value is -3.45. The average Bonchev–Trinajstić information content (AvgIpc) is 3.20. The second-order valence-corrected chi connectivity index (χ2v) is 10.7. The summed E-state index contributed by atoms with van der Waals surface area (Å²) < 4.78 is 0. The van der Waals surface area contributed by atoms with Crippen LogP contribution in [0, 0.1) is 11.8 Å². The van der Waals surface area contributed by atoms with Crippen molar-refractivity contribution >= 4 is 35.2 Å². The molecule has 1 aliphatic heterocycles. The third-order valence-electron chi connectivity index (χ3n) is 7.51. The number of nitrogens with one attached hydrogen (secondary N) is 1. The van der Waals surface area contributed by atoms with Crippen molar-refractivity contribution in [2.24, 2.45) is 11.8 Å². The zero-order chi connectivity index (χ0) is 27.8. The Kier molecular flexibility index (Phi) is 9.93. The average molecular weight is 550 g/mol. The number of nitrogens with zero attached hydrogens (tertiary/aromatic N) is 2. The highest BCUT2D eigenvalue weighted by Gasteiger charge is 2.47. The Labute approximate surface area is 235 Å². The van der Waals surface area contributed by atoms with Crippen LogP contribution < -0.4 is 5.32 Å². The van der Waals surface area contributed by atoms with E-state index in [1.165, 1.54) is 4.90 Å². The molecule has 206 valence electrons. The Morgan fingerprint density at radius 2 is 1.62 bits per heavy atom. The number of fused-ring (bicyclic) bond motifs is 1. The molecule has 0 saturated carbocycles. The third kappa shape index (κ3) is 7.15. The van der Waals surface area contributed by atoms with Gasteiger partial charge in [0.1, 0.15) is 6.04 Å². The van der Waals surface area contributed by atoms with Gasteiger partial charge in [0, 0.05) is 37.5 Å². The number of hydrogen-bond donors (Lipinski definition) is 1. The van der Waals surface area contributed by atoms with Gasteiger partial charge in [-0.1, -0.05) is 79.6 Å². The normalized spacial score (nSPS) is 19.1. The van der Waals surface area contributed by atoms with E-state index in [2.05, 4.69) is 12.2 Å². The molecule has 3 atom stereocenters. The van der Waals surface area contributed by atoms with E-state index in [4.69, 9.17) is 11.6 Å². The zero-order valence-electron chi connectivity index (χ0n) is 22.4. The maximum absolute atomic E-state index is 13.8. The molecule has 1 saturated heterocycles. The topological polar surface area (TPSA) is 86.8 Å². The maximum atomic E-state index is 13.8. The molecule has 1 N–H and O–H groups in total. The van der Waals surface area contributed by atoms with E-state index in [1.54, 1.807) is 17.0 Å². The standard InChI is InChI=1S/C31H36ClN3O4/c1-2-3-18-33-29(37)27(20-22-9-5-4-6-10-22)35(21-23-13-15-24(32)16-14-23)28(36)17-19-34-30(38)25-11-7-8-12-26(25)31(34)39/h4-10,13-16,25-27H,2-3,11-12,17-21H2,1H3,(H,33,37)/t25-,26+,27?. The summed E-state index contributed by atoms with van der Waals surface area (Å²) >= 11 is 6.09. The first kappa shape index (κ1) is 28.6.